The van der Waals surface area contributed by atoms with Crippen molar-refractivity contribution in [1.82, 2.24) is 9.88 Å². The first-order chi connectivity index (χ1) is 10.7. The molecule has 4 heteroatoms. The third-order valence-corrected chi connectivity index (χ3v) is 4.12. The highest BCUT2D eigenvalue weighted by atomic mass is 16.2. The van der Waals surface area contributed by atoms with E-state index in [-0.39, 0.29) is 5.91 Å². The maximum atomic E-state index is 12.6. The molecule has 1 aliphatic heterocycles. The summed E-state index contributed by atoms with van der Waals surface area (Å²) in [7, 11) is 0. The quantitative estimate of drug-likeness (QED) is 0.939. The van der Waals surface area contributed by atoms with E-state index in [1.165, 1.54) is 0 Å². The number of hydrogen-bond acceptors (Lipinski definition) is 3. The van der Waals surface area contributed by atoms with E-state index in [4.69, 9.17) is 0 Å². The van der Waals surface area contributed by atoms with Gasteiger partial charge in [0.15, 0.2) is 0 Å². The highest BCUT2D eigenvalue weighted by Crippen LogP contribution is 2.20. The second-order valence-electron chi connectivity index (χ2n) is 5.93. The number of amides is 1. The Morgan fingerprint density at radius 1 is 1.14 bits per heavy atom. The normalized spacial score (nSPS) is 15.6. The Hall–Kier alpha value is -2.36. The zero-order valence-electron chi connectivity index (χ0n) is 12.8. The van der Waals surface area contributed by atoms with Crippen LogP contribution in [0.15, 0.2) is 48.8 Å². The Morgan fingerprint density at radius 2 is 1.86 bits per heavy atom. The van der Waals surface area contributed by atoms with Gasteiger partial charge in [-0.3, -0.25) is 9.78 Å². The monoisotopic (exact) mass is 295 g/mol. The zero-order valence-corrected chi connectivity index (χ0v) is 12.8. The van der Waals surface area contributed by atoms with Crippen LogP contribution in [0.25, 0.3) is 0 Å². The number of benzene rings is 1. The third-order valence-electron chi connectivity index (χ3n) is 4.12. The van der Waals surface area contributed by atoms with Crippen LogP contribution >= 0.6 is 0 Å². The topological polar surface area (TPSA) is 45.2 Å². The molecule has 0 unspecified atom stereocenters. The van der Waals surface area contributed by atoms with Gasteiger partial charge in [-0.15, -0.1) is 0 Å². The molecule has 22 heavy (non-hydrogen) atoms. The number of piperidine rings is 1. The standard InChI is InChI=1S/C18H21N3O/c1-14-7-9-21(10-8-14)18(22)15-11-17(13-19-12-15)20-16-5-3-2-4-6-16/h2-6,11-14,20H,7-10H2,1H3. The minimum Gasteiger partial charge on any atom is -0.354 e. The van der Waals surface area contributed by atoms with E-state index in [9.17, 15) is 4.79 Å². The lowest BCUT2D eigenvalue weighted by Gasteiger charge is -2.30. The lowest BCUT2D eigenvalue weighted by Crippen LogP contribution is -2.37. The molecular formula is C18H21N3O. The van der Waals surface area contributed by atoms with Crippen molar-refractivity contribution in [2.45, 2.75) is 19.8 Å². The van der Waals surface area contributed by atoms with Crippen molar-refractivity contribution in [3.63, 3.8) is 0 Å². The molecule has 1 fully saturated rings. The molecule has 3 rings (SSSR count). The molecule has 1 aromatic heterocycles. The average Bonchev–Trinajstić information content (AvgIpc) is 2.56. The van der Waals surface area contributed by atoms with E-state index in [1.807, 2.05) is 41.3 Å². The predicted molar refractivity (Wildman–Crippen MR) is 88.3 cm³/mol. The number of anilines is 2. The van der Waals surface area contributed by atoms with Gasteiger partial charge >= 0.3 is 0 Å². The van der Waals surface area contributed by atoms with Crippen molar-refractivity contribution in [3.05, 3.63) is 54.4 Å². The van der Waals surface area contributed by atoms with Crippen molar-refractivity contribution in [2.24, 2.45) is 5.92 Å². The molecule has 0 bridgehead atoms. The summed E-state index contributed by atoms with van der Waals surface area (Å²) in [6.45, 7) is 3.93. The molecule has 1 saturated heterocycles. The summed E-state index contributed by atoms with van der Waals surface area (Å²) in [6.07, 6.45) is 5.56. The van der Waals surface area contributed by atoms with Gasteiger partial charge in [-0.2, -0.15) is 0 Å². The summed E-state index contributed by atoms with van der Waals surface area (Å²) in [5.74, 6) is 0.796. The third kappa shape index (κ3) is 3.45. The highest BCUT2D eigenvalue weighted by Gasteiger charge is 2.21. The van der Waals surface area contributed by atoms with Crippen molar-refractivity contribution in [3.8, 4) is 0 Å². The lowest BCUT2D eigenvalue weighted by molar-refractivity contribution is 0.0697. The van der Waals surface area contributed by atoms with Gasteiger partial charge in [-0.25, -0.2) is 0 Å². The maximum absolute atomic E-state index is 12.6. The first-order valence-corrected chi connectivity index (χ1v) is 7.79. The number of aromatic nitrogens is 1. The van der Waals surface area contributed by atoms with Gasteiger partial charge < -0.3 is 10.2 Å². The molecule has 2 heterocycles. The van der Waals surface area contributed by atoms with E-state index < -0.39 is 0 Å². The van der Waals surface area contributed by atoms with E-state index in [2.05, 4.69) is 17.2 Å². The molecule has 1 amide bonds. The number of carbonyl (C=O) groups is 1. The Labute approximate surface area is 131 Å². The van der Waals surface area contributed by atoms with Gasteiger partial charge in [0.25, 0.3) is 5.91 Å². The Morgan fingerprint density at radius 3 is 2.59 bits per heavy atom. The van der Waals surface area contributed by atoms with Gasteiger partial charge in [0.2, 0.25) is 0 Å². The molecular weight excluding hydrogens is 274 g/mol. The summed E-state index contributed by atoms with van der Waals surface area (Å²) in [5.41, 5.74) is 2.47. The highest BCUT2D eigenvalue weighted by molar-refractivity contribution is 5.95. The van der Waals surface area contributed by atoms with Crippen molar-refractivity contribution in [2.75, 3.05) is 18.4 Å². The zero-order chi connectivity index (χ0) is 15.4. The van der Waals surface area contributed by atoms with Crippen LogP contribution in [0, 0.1) is 5.92 Å². The molecule has 1 aliphatic rings. The van der Waals surface area contributed by atoms with Crippen LogP contribution in [0.4, 0.5) is 11.4 Å². The summed E-state index contributed by atoms with van der Waals surface area (Å²) in [5, 5.41) is 3.28. The molecule has 0 saturated carbocycles. The fourth-order valence-electron chi connectivity index (χ4n) is 2.71. The SMILES string of the molecule is CC1CCN(C(=O)c2cncc(Nc3ccccc3)c2)CC1. The van der Waals surface area contributed by atoms with Crippen LogP contribution in [0.5, 0.6) is 0 Å². The summed E-state index contributed by atoms with van der Waals surface area (Å²) in [4.78, 5) is 18.7. The molecule has 114 valence electrons. The molecule has 1 aromatic carbocycles. The van der Waals surface area contributed by atoms with Gasteiger partial charge in [0.05, 0.1) is 17.4 Å². The predicted octanol–water partition coefficient (Wildman–Crippen LogP) is 3.70. The number of para-hydroxylation sites is 1. The fourth-order valence-corrected chi connectivity index (χ4v) is 2.71. The second kappa shape index (κ2) is 6.60. The van der Waals surface area contributed by atoms with E-state index >= 15 is 0 Å². The first-order valence-electron chi connectivity index (χ1n) is 7.79. The van der Waals surface area contributed by atoms with E-state index in [0.29, 0.717) is 11.5 Å². The number of likely N-dealkylation sites (tertiary alicyclic amines) is 1. The van der Waals surface area contributed by atoms with Crippen LogP contribution in [0.1, 0.15) is 30.1 Å². The molecule has 0 radical (unpaired) electrons. The Balaban J connectivity index is 1.72. The van der Waals surface area contributed by atoms with E-state index in [0.717, 1.165) is 37.3 Å². The summed E-state index contributed by atoms with van der Waals surface area (Å²) >= 11 is 0. The number of nitrogens with one attached hydrogen (secondary N) is 1. The van der Waals surface area contributed by atoms with Crippen molar-refractivity contribution in [1.29, 1.82) is 0 Å². The summed E-state index contributed by atoms with van der Waals surface area (Å²) in [6, 6.07) is 11.8. The minimum atomic E-state index is 0.0797. The fraction of sp³-hybridized carbons (Fsp3) is 0.333. The van der Waals surface area contributed by atoms with E-state index in [1.54, 1.807) is 12.4 Å². The average molecular weight is 295 g/mol. The van der Waals surface area contributed by atoms with Gasteiger partial charge in [0, 0.05) is 25.0 Å². The van der Waals surface area contributed by atoms with Crippen molar-refractivity contribution < 1.29 is 4.79 Å². The number of carbonyl (C=O) groups excluding carboxylic acids is 1. The van der Waals surface area contributed by atoms with Crippen LogP contribution in [-0.4, -0.2) is 28.9 Å². The molecule has 0 aliphatic carbocycles. The smallest absolute Gasteiger partial charge is 0.255 e. The van der Waals surface area contributed by atoms with Crippen LogP contribution < -0.4 is 5.32 Å². The Kier molecular flexibility index (Phi) is 4.37. The first kappa shape index (κ1) is 14.6. The van der Waals surface area contributed by atoms with Gasteiger partial charge in [-0.05, 0) is 37.0 Å². The summed E-state index contributed by atoms with van der Waals surface area (Å²) < 4.78 is 0. The lowest BCUT2D eigenvalue weighted by atomic mass is 9.99. The largest absolute Gasteiger partial charge is 0.354 e. The molecule has 0 spiro atoms. The molecule has 4 nitrogen and oxygen atoms in total. The molecule has 1 N–H and O–H groups in total. The minimum absolute atomic E-state index is 0.0797. The Bertz CT molecular complexity index is 634. The van der Waals surface area contributed by atoms with Gasteiger partial charge in [0.1, 0.15) is 0 Å². The molecule has 2 aromatic rings. The van der Waals surface area contributed by atoms with Crippen molar-refractivity contribution >= 4 is 17.3 Å². The number of hydrogen-bond donors (Lipinski definition) is 1. The molecule has 0 atom stereocenters. The van der Waals surface area contributed by atoms with Crippen LogP contribution in [0.3, 0.4) is 0 Å². The number of nitrogens with zero attached hydrogens (tertiary/aromatic N) is 2. The second-order valence-corrected chi connectivity index (χ2v) is 5.93. The number of rotatable bonds is 3. The maximum Gasteiger partial charge on any atom is 0.255 e. The van der Waals surface area contributed by atoms with Gasteiger partial charge in [-0.1, -0.05) is 25.1 Å². The number of pyridine rings is 1. The van der Waals surface area contributed by atoms with Crippen LogP contribution in [0.2, 0.25) is 0 Å². The van der Waals surface area contributed by atoms with Crippen LogP contribution in [-0.2, 0) is 0 Å².